The number of hydrogen-bond donors (Lipinski definition) is 1. The summed E-state index contributed by atoms with van der Waals surface area (Å²) in [6.07, 6.45) is 0. The van der Waals surface area contributed by atoms with Gasteiger partial charge in [0, 0.05) is 37.8 Å². The second-order valence-electron chi connectivity index (χ2n) is 4.31. The molecular weight excluding hydrogens is 244 g/mol. The largest absolute Gasteiger partial charge is 0.363 e. The van der Waals surface area contributed by atoms with Crippen LogP contribution in [0.5, 0.6) is 0 Å². The molecule has 0 amide bonds. The van der Waals surface area contributed by atoms with Crippen molar-refractivity contribution in [2.75, 3.05) is 24.5 Å². The van der Waals surface area contributed by atoms with Crippen molar-refractivity contribution < 1.29 is 13.7 Å². The zero-order valence-corrected chi connectivity index (χ0v) is 9.82. The Balaban J connectivity index is 2.44. The number of hydrogen-bond acceptors (Lipinski definition) is 4. The molecule has 2 rings (SSSR count). The fourth-order valence-corrected chi connectivity index (χ4v) is 2.13. The van der Waals surface area contributed by atoms with Crippen molar-refractivity contribution in [3.05, 3.63) is 33.9 Å². The quantitative estimate of drug-likeness (QED) is 0.646. The number of nitro benzene ring substituents is 1. The molecule has 0 bridgehead atoms. The first-order valence-electron chi connectivity index (χ1n) is 5.61. The van der Waals surface area contributed by atoms with Crippen LogP contribution >= 0.6 is 0 Å². The summed E-state index contributed by atoms with van der Waals surface area (Å²) in [5.41, 5.74) is -0.656. The molecule has 1 fully saturated rings. The fraction of sp³-hybridized carbons (Fsp3) is 0.455. The molecule has 1 atom stereocenters. The van der Waals surface area contributed by atoms with E-state index >= 15 is 0 Å². The molecule has 98 valence electrons. The minimum absolute atomic E-state index is 0.00542. The Labute approximate surface area is 103 Å². The van der Waals surface area contributed by atoms with Crippen LogP contribution in [-0.4, -0.2) is 30.6 Å². The summed E-state index contributed by atoms with van der Waals surface area (Å²) in [5, 5.41) is 14.0. The maximum Gasteiger partial charge on any atom is 0.328 e. The SMILES string of the molecule is C[C@@H]1CN(c2cc(F)cc(F)c2[N+](=O)[O-])CCN1. The van der Waals surface area contributed by atoms with Crippen molar-refractivity contribution in [1.82, 2.24) is 5.32 Å². The zero-order chi connectivity index (χ0) is 13.3. The maximum absolute atomic E-state index is 13.5. The highest BCUT2D eigenvalue weighted by Gasteiger charge is 2.28. The summed E-state index contributed by atoms with van der Waals surface area (Å²) in [6.45, 7) is 3.49. The van der Waals surface area contributed by atoms with Crippen molar-refractivity contribution in [3.8, 4) is 0 Å². The molecule has 1 saturated heterocycles. The highest BCUT2D eigenvalue weighted by Crippen LogP contribution is 2.32. The van der Waals surface area contributed by atoms with Gasteiger partial charge in [0.25, 0.3) is 0 Å². The van der Waals surface area contributed by atoms with Crippen molar-refractivity contribution in [1.29, 1.82) is 0 Å². The van der Waals surface area contributed by atoms with E-state index in [0.29, 0.717) is 25.7 Å². The van der Waals surface area contributed by atoms with E-state index in [-0.39, 0.29) is 11.7 Å². The third kappa shape index (κ3) is 2.40. The van der Waals surface area contributed by atoms with Gasteiger partial charge in [-0.05, 0) is 6.92 Å². The summed E-state index contributed by atoms with van der Waals surface area (Å²) in [6, 6.07) is 1.66. The van der Waals surface area contributed by atoms with E-state index in [4.69, 9.17) is 0 Å². The van der Waals surface area contributed by atoms with E-state index in [1.807, 2.05) is 6.92 Å². The first kappa shape index (κ1) is 12.7. The summed E-state index contributed by atoms with van der Waals surface area (Å²) in [4.78, 5) is 11.7. The summed E-state index contributed by atoms with van der Waals surface area (Å²) in [5.74, 6) is -1.94. The Morgan fingerprint density at radius 3 is 2.83 bits per heavy atom. The number of nitrogens with one attached hydrogen (secondary N) is 1. The molecule has 0 spiro atoms. The van der Waals surface area contributed by atoms with E-state index in [2.05, 4.69) is 5.32 Å². The van der Waals surface area contributed by atoms with Crippen LogP contribution in [-0.2, 0) is 0 Å². The molecule has 1 aliphatic heterocycles. The number of halogens is 2. The van der Waals surface area contributed by atoms with Crippen LogP contribution in [0.2, 0.25) is 0 Å². The van der Waals surface area contributed by atoms with Gasteiger partial charge in [0.15, 0.2) is 0 Å². The van der Waals surface area contributed by atoms with Crippen molar-refractivity contribution >= 4 is 11.4 Å². The lowest BCUT2D eigenvalue weighted by molar-refractivity contribution is -0.386. The number of nitrogens with zero attached hydrogens (tertiary/aromatic N) is 2. The molecule has 1 heterocycles. The van der Waals surface area contributed by atoms with Crippen molar-refractivity contribution in [2.24, 2.45) is 0 Å². The van der Waals surface area contributed by atoms with Crippen LogP contribution in [0, 0.1) is 21.7 Å². The molecule has 1 aromatic rings. The smallest absolute Gasteiger partial charge is 0.328 e. The number of rotatable bonds is 2. The lowest BCUT2D eigenvalue weighted by atomic mass is 10.1. The summed E-state index contributed by atoms with van der Waals surface area (Å²) in [7, 11) is 0. The predicted molar refractivity (Wildman–Crippen MR) is 62.7 cm³/mol. The van der Waals surface area contributed by atoms with Gasteiger partial charge >= 0.3 is 5.69 Å². The van der Waals surface area contributed by atoms with Gasteiger partial charge in [-0.25, -0.2) is 4.39 Å². The van der Waals surface area contributed by atoms with Gasteiger partial charge in [0.1, 0.15) is 11.5 Å². The van der Waals surface area contributed by atoms with Crippen LogP contribution in [0.25, 0.3) is 0 Å². The summed E-state index contributed by atoms with van der Waals surface area (Å²) >= 11 is 0. The number of anilines is 1. The third-order valence-corrected chi connectivity index (χ3v) is 2.90. The third-order valence-electron chi connectivity index (χ3n) is 2.90. The zero-order valence-electron chi connectivity index (χ0n) is 9.82. The lowest BCUT2D eigenvalue weighted by Crippen LogP contribution is -2.49. The highest BCUT2D eigenvalue weighted by atomic mass is 19.1. The van der Waals surface area contributed by atoms with Crippen LogP contribution in [0.3, 0.4) is 0 Å². The van der Waals surface area contributed by atoms with Gasteiger partial charge in [0.2, 0.25) is 5.82 Å². The minimum Gasteiger partial charge on any atom is -0.363 e. The van der Waals surface area contributed by atoms with E-state index in [9.17, 15) is 18.9 Å². The molecule has 0 radical (unpaired) electrons. The van der Waals surface area contributed by atoms with E-state index in [0.717, 1.165) is 6.07 Å². The molecule has 1 aromatic carbocycles. The first-order valence-corrected chi connectivity index (χ1v) is 5.61. The highest BCUT2D eigenvalue weighted by molar-refractivity contribution is 5.64. The molecule has 18 heavy (non-hydrogen) atoms. The van der Waals surface area contributed by atoms with E-state index in [1.54, 1.807) is 4.90 Å². The predicted octanol–water partition coefficient (Wildman–Crippen LogP) is 1.67. The molecule has 5 nitrogen and oxygen atoms in total. The van der Waals surface area contributed by atoms with Gasteiger partial charge in [0.05, 0.1) is 4.92 Å². The number of benzene rings is 1. The van der Waals surface area contributed by atoms with Crippen LogP contribution < -0.4 is 10.2 Å². The Bertz CT molecular complexity index is 482. The molecule has 1 aliphatic rings. The van der Waals surface area contributed by atoms with E-state index in [1.165, 1.54) is 0 Å². The Hall–Kier alpha value is -1.76. The number of piperazine rings is 1. The van der Waals surface area contributed by atoms with E-state index < -0.39 is 22.2 Å². The molecule has 0 unspecified atom stereocenters. The normalized spacial score (nSPS) is 19.9. The van der Waals surface area contributed by atoms with Crippen molar-refractivity contribution in [2.45, 2.75) is 13.0 Å². The van der Waals surface area contributed by atoms with Gasteiger partial charge in [-0.2, -0.15) is 4.39 Å². The van der Waals surface area contributed by atoms with Gasteiger partial charge in [-0.1, -0.05) is 0 Å². The second-order valence-corrected chi connectivity index (χ2v) is 4.31. The molecule has 0 aliphatic carbocycles. The average molecular weight is 257 g/mol. The first-order chi connectivity index (χ1) is 8.49. The maximum atomic E-state index is 13.5. The lowest BCUT2D eigenvalue weighted by Gasteiger charge is -2.33. The molecule has 0 aromatic heterocycles. The molecule has 1 N–H and O–H groups in total. The Morgan fingerprint density at radius 2 is 2.22 bits per heavy atom. The molecule has 7 heteroatoms. The fourth-order valence-electron chi connectivity index (χ4n) is 2.13. The average Bonchev–Trinajstić information content (AvgIpc) is 2.27. The monoisotopic (exact) mass is 257 g/mol. The van der Waals surface area contributed by atoms with Crippen LogP contribution in [0.1, 0.15) is 6.92 Å². The van der Waals surface area contributed by atoms with Gasteiger partial charge in [-0.15, -0.1) is 0 Å². The molecule has 0 saturated carbocycles. The Kier molecular flexibility index (Phi) is 3.42. The van der Waals surface area contributed by atoms with Gasteiger partial charge < -0.3 is 10.2 Å². The minimum atomic E-state index is -1.14. The standard InChI is InChI=1S/C11H13F2N3O2/c1-7-6-15(3-2-14-7)10-5-8(12)4-9(13)11(10)16(17)18/h4-5,7,14H,2-3,6H2,1H3/t7-/m1/s1. The molecular formula is C11H13F2N3O2. The topological polar surface area (TPSA) is 58.4 Å². The Morgan fingerprint density at radius 1 is 1.50 bits per heavy atom. The van der Waals surface area contributed by atoms with Crippen molar-refractivity contribution in [3.63, 3.8) is 0 Å². The van der Waals surface area contributed by atoms with Crippen LogP contribution in [0.4, 0.5) is 20.2 Å². The van der Waals surface area contributed by atoms with Gasteiger partial charge in [-0.3, -0.25) is 10.1 Å². The van der Waals surface area contributed by atoms with Crippen LogP contribution in [0.15, 0.2) is 12.1 Å². The summed E-state index contributed by atoms with van der Waals surface area (Å²) < 4.78 is 26.7. The second kappa shape index (κ2) is 4.85. The number of nitro groups is 1.